The summed E-state index contributed by atoms with van der Waals surface area (Å²) < 4.78 is 10.9. The smallest absolute Gasteiger partial charge is 0.258 e. The average molecular weight is 315 g/mol. The third kappa shape index (κ3) is 5.30. The topological polar surface area (TPSA) is 67.8 Å². The van der Waals surface area contributed by atoms with Gasteiger partial charge in [0.15, 0.2) is 18.1 Å². The summed E-state index contributed by atoms with van der Waals surface area (Å²) in [5.74, 6) is 0.771. The van der Waals surface area contributed by atoms with E-state index in [4.69, 9.17) is 14.6 Å². The third-order valence-electron chi connectivity index (χ3n) is 3.23. The fourth-order valence-electron chi connectivity index (χ4n) is 2.10. The summed E-state index contributed by atoms with van der Waals surface area (Å²) in [6, 6.07) is 16.7. The number of amides is 1. The van der Waals surface area contributed by atoms with Gasteiger partial charge in [-0.15, -0.1) is 0 Å². The monoisotopic (exact) mass is 315 g/mol. The van der Waals surface area contributed by atoms with Gasteiger partial charge in [-0.05, 0) is 24.6 Å². The molecule has 0 radical (unpaired) electrons. The SMILES string of the molecule is CC(NC(=O)COc1ccccc1OCCO)c1ccccc1. The molecule has 122 valence electrons. The van der Waals surface area contributed by atoms with Crippen molar-refractivity contribution in [3.8, 4) is 11.5 Å². The van der Waals surface area contributed by atoms with E-state index >= 15 is 0 Å². The molecule has 0 aliphatic heterocycles. The van der Waals surface area contributed by atoms with Crippen LogP contribution < -0.4 is 14.8 Å². The lowest BCUT2D eigenvalue weighted by atomic mass is 10.1. The van der Waals surface area contributed by atoms with Crippen LogP contribution in [-0.2, 0) is 4.79 Å². The van der Waals surface area contributed by atoms with Crippen LogP contribution in [0.5, 0.6) is 11.5 Å². The number of para-hydroxylation sites is 2. The van der Waals surface area contributed by atoms with E-state index in [0.717, 1.165) is 5.56 Å². The lowest BCUT2D eigenvalue weighted by molar-refractivity contribution is -0.123. The standard InChI is InChI=1S/C18H21NO4/c1-14(15-7-3-2-4-8-15)19-18(21)13-23-17-10-6-5-9-16(17)22-12-11-20/h2-10,14,20H,11-13H2,1H3,(H,19,21). The molecular weight excluding hydrogens is 294 g/mol. The molecule has 2 N–H and O–H groups in total. The fourth-order valence-corrected chi connectivity index (χ4v) is 2.10. The molecule has 1 atom stereocenters. The molecule has 2 aromatic rings. The Morgan fingerprint density at radius 2 is 1.65 bits per heavy atom. The van der Waals surface area contributed by atoms with E-state index in [9.17, 15) is 4.79 Å². The van der Waals surface area contributed by atoms with E-state index in [-0.39, 0.29) is 31.8 Å². The van der Waals surface area contributed by atoms with Crippen molar-refractivity contribution in [3.63, 3.8) is 0 Å². The van der Waals surface area contributed by atoms with Gasteiger partial charge in [-0.3, -0.25) is 4.79 Å². The van der Waals surface area contributed by atoms with Gasteiger partial charge in [0.2, 0.25) is 0 Å². The van der Waals surface area contributed by atoms with Gasteiger partial charge < -0.3 is 19.9 Å². The summed E-state index contributed by atoms with van der Waals surface area (Å²) in [4.78, 5) is 12.0. The maximum absolute atomic E-state index is 12.0. The van der Waals surface area contributed by atoms with Gasteiger partial charge in [0, 0.05) is 0 Å². The molecule has 5 heteroatoms. The van der Waals surface area contributed by atoms with E-state index in [1.807, 2.05) is 37.3 Å². The Balaban J connectivity index is 1.87. The summed E-state index contributed by atoms with van der Waals surface area (Å²) in [6.07, 6.45) is 0. The lowest BCUT2D eigenvalue weighted by Gasteiger charge is -2.15. The highest BCUT2D eigenvalue weighted by atomic mass is 16.5. The van der Waals surface area contributed by atoms with Crippen LogP contribution in [-0.4, -0.2) is 30.8 Å². The van der Waals surface area contributed by atoms with Crippen LogP contribution in [0.4, 0.5) is 0 Å². The Hall–Kier alpha value is -2.53. The summed E-state index contributed by atoms with van der Waals surface area (Å²) >= 11 is 0. The van der Waals surface area contributed by atoms with Crippen molar-refractivity contribution < 1.29 is 19.4 Å². The highest BCUT2D eigenvalue weighted by Crippen LogP contribution is 2.26. The van der Waals surface area contributed by atoms with Crippen molar-refractivity contribution in [3.05, 3.63) is 60.2 Å². The average Bonchev–Trinajstić information content (AvgIpc) is 2.59. The molecule has 0 bridgehead atoms. The first-order valence-corrected chi connectivity index (χ1v) is 7.50. The van der Waals surface area contributed by atoms with Gasteiger partial charge in [0.05, 0.1) is 12.6 Å². The molecule has 0 aliphatic rings. The number of hydrogen-bond donors (Lipinski definition) is 2. The zero-order chi connectivity index (χ0) is 16.5. The first-order chi connectivity index (χ1) is 11.2. The number of carbonyl (C=O) groups excluding carboxylic acids is 1. The van der Waals surface area contributed by atoms with E-state index < -0.39 is 0 Å². The van der Waals surface area contributed by atoms with Crippen molar-refractivity contribution >= 4 is 5.91 Å². The Morgan fingerprint density at radius 1 is 1.04 bits per heavy atom. The largest absolute Gasteiger partial charge is 0.487 e. The minimum absolute atomic E-state index is 0.0799. The zero-order valence-electron chi connectivity index (χ0n) is 13.1. The predicted octanol–water partition coefficient (Wildman–Crippen LogP) is 2.31. The van der Waals surface area contributed by atoms with Gasteiger partial charge in [-0.25, -0.2) is 0 Å². The number of ether oxygens (including phenoxy) is 2. The molecule has 0 aromatic heterocycles. The van der Waals surface area contributed by atoms with Gasteiger partial charge in [0.1, 0.15) is 6.61 Å². The molecule has 0 aliphatic carbocycles. The van der Waals surface area contributed by atoms with Gasteiger partial charge in [0.25, 0.3) is 5.91 Å². The Labute approximate surface area is 135 Å². The Morgan fingerprint density at radius 3 is 2.30 bits per heavy atom. The highest BCUT2D eigenvalue weighted by molar-refractivity contribution is 5.78. The van der Waals surface area contributed by atoms with Crippen LogP contribution in [0.25, 0.3) is 0 Å². The van der Waals surface area contributed by atoms with Crippen LogP contribution in [0.3, 0.4) is 0 Å². The number of rotatable bonds is 8. The Kier molecular flexibility index (Phi) is 6.44. The molecule has 23 heavy (non-hydrogen) atoms. The molecule has 5 nitrogen and oxygen atoms in total. The summed E-state index contributed by atoms with van der Waals surface area (Å²) in [5.41, 5.74) is 1.03. The Bertz CT molecular complexity index is 615. The van der Waals surface area contributed by atoms with E-state index in [2.05, 4.69) is 5.32 Å². The molecule has 0 fully saturated rings. The summed E-state index contributed by atoms with van der Waals surface area (Å²) in [5, 5.41) is 11.7. The normalized spacial score (nSPS) is 11.6. The molecule has 0 heterocycles. The molecule has 1 unspecified atom stereocenters. The number of aliphatic hydroxyl groups excluding tert-OH is 1. The zero-order valence-corrected chi connectivity index (χ0v) is 13.1. The van der Waals surface area contributed by atoms with Gasteiger partial charge in [-0.1, -0.05) is 42.5 Å². The van der Waals surface area contributed by atoms with Crippen LogP contribution >= 0.6 is 0 Å². The van der Waals surface area contributed by atoms with Crippen LogP contribution in [0.2, 0.25) is 0 Å². The van der Waals surface area contributed by atoms with Crippen molar-refractivity contribution in [2.45, 2.75) is 13.0 Å². The maximum atomic E-state index is 12.0. The predicted molar refractivity (Wildman–Crippen MR) is 87.5 cm³/mol. The van der Waals surface area contributed by atoms with Crippen molar-refractivity contribution in [1.82, 2.24) is 5.32 Å². The number of aliphatic hydroxyl groups is 1. The molecular formula is C18H21NO4. The van der Waals surface area contributed by atoms with Crippen LogP contribution in [0.1, 0.15) is 18.5 Å². The van der Waals surface area contributed by atoms with Gasteiger partial charge >= 0.3 is 0 Å². The maximum Gasteiger partial charge on any atom is 0.258 e. The number of carbonyl (C=O) groups is 1. The summed E-state index contributed by atoms with van der Waals surface area (Å²) in [7, 11) is 0. The third-order valence-corrected chi connectivity index (χ3v) is 3.23. The molecule has 0 spiro atoms. The van der Waals surface area contributed by atoms with Crippen molar-refractivity contribution in [1.29, 1.82) is 0 Å². The van der Waals surface area contributed by atoms with Gasteiger partial charge in [-0.2, -0.15) is 0 Å². The quantitative estimate of drug-likeness (QED) is 0.784. The molecule has 0 saturated carbocycles. The number of hydrogen-bond acceptors (Lipinski definition) is 4. The second-order valence-corrected chi connectivity index (χ2v) is 5.01. The molecule has 1 amide bonds. The van der Waals surface area contributed by atoms with Crippen LogP contribution in [0.15, 0.2) is 54.6 Å². The highest BCUT2D eigenvalue weighted by Gasteiger charge is 2.11. The van der Waals surface area contributed by atoms with E-state index in [1.54, 1.807) is 24.3 Å². The lowest BCUT2D eigenvalue weighted by Crippen LogP contribution is -2.31. The number of benzene rings is 2. The van der Waals surface area contributed by atoms with Crippen LogP contribution in [0, 0.1) is 0 Å². The fraction of sp³-hybridized carbons (Fsp3) is 0.278. The van der Waals surface area contributed by atoms with E-state index in [1.165, 1.54) is 0 Å². The number of nitrogens with one attached hydrogen (secondary N) is 1. The second-order valence-electron chi connectivity index (χ2n) is 5.01. The summed E-state index contributed by atoms with van der Waals surface area (Å²) in [6.45, 7) is 1.92. The first-order valence-electron chi connectivity index (χ1n) is 7.50. The van der Waals surface area contributed by atoms with E-state index in [0.29, 0.717) is 11.5 Å². The molecule has 2 rings (SSSR count). The minimum Gasteiger partial charge on any atom is -0.487 e. The molecule has 0 saturated heterocycles. The second kappa shape index (κ2) is 8.80. The molecule has 2 aromatic carbocycles. The van der Waals surface area contributed by atoms with Crippen molar-refractivity contribution in [2.24, 2.45) is 0 Å². The minimum atomic E-state index is -0.210. The first kappa shape index (κ1) is 16.8. The van der Waals surface area contributed by atoms with Crippen molar-refractivity contribution in [2.75, 3.05) is 19.8 Å².